The lowest BCUT2D eigenvalue weighted by Crippen LogP contribution is -2.29. The Hall–Kier alpha value is -4.00. The summed E-state index contributed by atoms with van der Waals surface area (Å²) in [6, 6.07) is 13.5. The van der Waals surface area contributed by atoms with Crippen LogP contribution in [0.4, 0.5) is 0 Å². The fraction of sp³-hybridized carbons (Fsp3) is 0.222. The molecule has 4 rings (SSSR count). The number of amides is 1. The number of benzene rings is 2. The number of carbonyl (C=O) groups excluding carboxylic acids is 2. The molecule has 41 heavy (non-hydrogen) atoms. The lowest BCUT2D eigenvalue weighted by atomic mass is 10.0. The molecule has 0 fully saturated rings. The average molecular weight is 615 g/mol. The Labute approximate surface area is 248 Å². The topological polar surface area (TPSA) is 142 Å². The molecular weight excluding hydrogens is 589 g/mol. The van der Waals surface area contributed by atoms with Gasteiger partial charge < -0.3 is 10.1 Å². The number of tetrazole rings is 1. The van der Waals surface area contributed by atoms with Crippen molar-refractivity contribution < 1.29 is 18.5 Å². The third-order valence-corrected chi connectivity index (χ3v) is 7.30. The highest BCUT2D eigenvalue weighted by Gasteiger charge is 2.19. The normalized spacial score (nSPS) is 12.7. The van der Waals surface area contributed by atoms with Gasteiger partial charge in [0, 0.05) is 45.0 Å². The maximum absolute atomic E-state index is 13.0. The number of hydrogen-bond donors (Lipinski definition) is 1. The van der Waals surface area contributed by atoms with Gasteiger partial charge in [-0.05, 0) is 58.3 Å². The fourth-order valence-electron chi connectivity index (χ4n) is 3.91. The van der Waals surface area contributed by atoms with Gasteiger partial charge in [0.25, 0.3) is 0 Å². The first-order valence-electron chi connectivity index (χ1n) is 12.2. The molecule has 0 saturated heterocycles. The van der Waals surface area contributed by atoms with Crippen molar-refractivity contribution in [2.75, 3.05) is 19.1 Å². The van der Waals surface area contributed by atoms with Crippen LogP contribution in [0.1, 0.15) is 29.3 Å². The highest BCUT2D eigenvalue weighted by atomic mass is 35.5. The smallest absolute Gasteiger partial charge is 0.309 e. The van der Waals surface area contributed by atoms with Crippen LogP contribution >= 0.6 is 23.2 Å². The van der Waals surface area contributed by atoms with Crippen molar-refractivity contribution in [2.24, 2.45) is 0 Å². The molecule has 2 aromatic carbocycles. The summed E-state index contributed by atoms with van der Waals surface area (Å²) in [5.74, 6) is -0.426. The number of carbonyl (C=O) groups is 2. The Morgan fingerprint density at radius 1 is 1.12 bits per heavy atom. The monoisotopic (exact) mass is 613 g/mol. The molecule has 14 heteroatoms. The van der Waals surface area contributed by atoms with Crippen molar-refractivity contribution >= 4 is 52.0 Å². The van der Waals surface area contributed by atoms with Gasteiger partial charge in [0.15, 0.2) is 5.15 Å². The number of halogens is 2. The second kappa shape index (κ2) is 14.1. The van der Waals surface area contributed by atoms with E-state index in [1.165, 1.54) is 24.2 Å². The van der Waals surface area contributed by atoms with Crippen LogP contribution in [0.25, 0.3) is 22.9 Å². The third kappa shape index (κ3) is 8.26. The fourth-order valence-corrected chi connectivity index (χ4v) is 4.86. The van der Waals surface area contributed by atoms with E-state index in [0.29, 0.717) is 39.7 Å². The minimum Gasteiger partial charge on any atom is -0.469 e. The number of nitrogens with one attached hydrogen (secondary N) is 1. The van der Waals surface area contributed by atoms with E-state index in [1.54, 1.807) is 48.7 Å². The van der Waals surface area contributed by atoms with E-state index in [1.807, 2.05) is 12.1 Å². The maximum atomic E-state index is 13.0. The van der Waals surface area contributed by atoms with Crippen LogP contribution in [0.3, 0.4) is 0 Å². The van der Waals surface area contributed by atoms with Gasteiger partial charge in [0.05, 0.1) is 31.0 Å². The largest absolute Gasteiger partial charge is 0.469 e. The Kier molecular flexibility index (Phi) is 10.3. The van der Waals surface area contributed by atoms with Crippen molar-refractivity contribution in [1.82, 2.24) is 35.7 Å². The Morgan fingerprint density at radius 2 is 1.90 bits per heavy atom. The molecule has 0 aliphatic rings. The Balaban J connectivity index is 1.57. The number of esters is 1. The minimum atomic E-state index is -1.10. The Morgan fingerprint density at radius 3 is 2.59 bits per heavy atom. The number of aromatic nitrogens is 6. The summed E-state index contributed by atoms with van der Waals surface area (Å²) in [4.78, 5) is 24.6. The first-order chi connectivity index (χ1) is 19.7. The first kappa shape index (κ1) is 30.0. The predicted molar refractivity (Wildman–Crippen MR) is 156 cm³/mol. The van der Waals surface area contributed by atoms with Gasteiger partial charge in [-0.3, -0.25) is 13.8 Å². The molecule has 1 unspecified atom stereocenters. The van der Waals surface area contributed by atoms with E-state index in [9.17, 15) is 13.8 Å². The van der Waals surface area contributed by atoms with Crippen LogP contribution in [0.5, 0.6) is 0 Å². The summed E-state index contributed by atoms with van der Waals surface area (Å²) in [7, 11) is 0.235. The molecule has 2 atom stereocenters. The minimum absolute atomic E-state index is 0.145. The predicted octanol–water partition coefficient (Wildman–Crippen LogP) is 3.78. The van der Waals surface area contributed by atoms with Gasteiger partial charge in [0.2, 0.25) is 5.91 Å². The zero-order valence-electron chi connectivity index (χ0n) is 22.0. The van der Waals surface area contributed by atoms with Crippen molar-refractivity contribution in [1.29, 1.82) is 0 Å². The van der Waals surface area contributed by atoms with Crippen LogP contribution < -0.4 is 5.32 Å². The molecule has 1 N–H and O–H groups in total. The molecule has 0 spiro atoms. The summed E-state index contributed by atoms with van der Waals surface area (Å²) in [6.45, 7) is 0. The van der Waals surface area contributed by atoms with Crippen LogP contribution in [0.15, 0.2) is 60.9 Å². The van der Waals surface area contributed by atoms with Crippen molar-refractivity contribution in [2.45, 2.75) is 18.9 Å². The standard InChI is InChI=1S/C27H25Cl2N7O4S/c1-40-26(38)13-17-3-5-18(6-4-17)21-15-23(32-33-27(21)29)22(11-12-41(2)39)31-25(37)10-7-19-14-20(28)8-9-24(19)36-16-30-34-35-36/h3-10,14-16,22H,11-13H2,1-2H3,(H,31,37)/b10-7+/t22-,41?/m0/s1. The molecule has 4 aromatic rings. The quantitative estimate of drug-likeness (QED) is 0.197. The maximum Gasteiger partial charge on any atom is 0.309 e. The van der Waals surface area contributed by atoms with Crippen molar-refractivity contribution in [3.8, 4) is 16.8 Å². The van der Waals surface area contributed by atoms with Gasteiger partial charge in [-0.2, -0.15) is 9.78 Å². The lowest BCUT2D eigenvalue weighted by molar-refractivity contribution is -0.139. The summed E-state index contributed by atoms with van der Waals surface area (Å²) in [5.41, 5.74) is 3.83. The zero-order chi connectivity index (χ0) is 29.4. The van der Waals surface area contributed by atoms with Crippen molar-refractivity contribution in [3.05, 3.63) is 87.9 Å². The highest BCUT2D eigenvalue weighted by Crippen LogP contribution is 2.29. The summed E-state index contributed by atoms with van der Waals surface area (Å²) >= 11 is 12.6. The molecule has 0 radical (unpaired) electrons. The van der Waals surface area contributed by atoms with Crippen LogP contribution in [-0.4, -0.2) is 65.6 Å². The zero-order valence-corrected chi connectivity index (χ0v) is 24.4. The molecule has 0 bridgehead atoms. The molecule has 0 aliphatic carbocycles. The van der Waals surface area contributed by atoms with Crippen LogP contribution in [-0.2, 0) is 31.5 Å². The molecule has 2 heterocycles. The van der Waals surface area contributed by atoms with E-state index in [0.717, 1.165) is 11.1 Å². The molecular formula is C27H25Cl2N7O4S. The van der Waals surface area contributed by atoms with Gasteiger partial charge >= 0.3 is 5.97 Å². The molecule has 11 nitrogen and oxygen atoms in total. The van der Waals surface area contributed by atoms with E-state index in [2.05, 4.69) is 31.0 Å². The third-order valence-electron chi connectivity index (χ3n) is 5.98. The van der Waals surface area contributed by atoms with Gasteiger partial charge in [0.1, 0.15) is 6.33 Å². The summed E-state index contributed by atoms with van der Waals surface area (Å²) in [5, 5.41) is 23.1. The Bertz CT molecular complexity index is 1580. The lowest BCUT2D eigenvalue weighted by Gasteiger charge is -2.18. The molecule has 0 saturated carbocycles. The summed E-state index contributed by atoms with van der Waals surface area (Å²) < 4.78 is 18.1. The molecule has 212 valence electrons. The second-order valence-corrected chi connectivity index (χ2v) is 11.2. The molecule has 1 amide bonds. The van der Waals surface area contributed by atoms with Gasteiger partial charge in [-0.25, -0.2) is 0 Å². The molecule has 2 aromatic heterocycles. The molecule has 0 aliphatic heterocycles. The van der Waals surface area contributed by atoms with Gasteiger partial charge in [-0.15, -0.1) is 10.2 Å². The van der Waals surface area contributed by atoms with Crippen LogP contribution in [0, 0.1) is 0 Å². The first-order valence-corrected chi connectivity index (χ1v) is 14.7. The highest BCUT2D eigenvalue weighted by molar-refractivity contribution is 7.84. The number of methoxy groups -OCH3 is 1. The summed E-state index contributed by atoms with van der Waals surface area (Å²) in [6.07, 6.45) is 6.48. The number of rotatable bonds is 11. The van der Waals surface area contributed by atoms with E-state index in [4.69, 9.17) is 27.9 Å². The average Bonchev–Trinajstić information content (AvgIpc) is 3.50. The number of nitrogens with zero attached hydrogens (tertiary/aromatic N) is 6. The van der Waals surface area contributed by atoms with E-state index < -0.39 is 22.7 Å². The van der Waals surface area contributed by atoms with Crippen LogP contribution in [0.2, 0.25) is 10.2 Å². The SMILES string of the molecule is COC(=O)Cc1ccc(-c2cc([C@H](CCS(C)=O)NC(=O)/C=C/c3cc(Cl)ccc3-n3cnnn3)nnc2Cl)cc1. The number of ether oxygens (including phenoxy) is 1. The second-order valence-electron chi connectivity index (χ2n) is 8.84. The van der Waals surface area contributed by atoms with Gasteiger partial charge in [-0.1, -0.05) is 47.5 Å². The van der Waals surface area contributed by atoms with Crippen molar-refractivity contribution in [3.63, 3.8) is 0 Å². The van der Waals surface area contributed by atoms with E-state index >= 15 is 0 Å². The van der Waals surface area contributed by atoms with E-state index in [-0.39, 0.29) is 17.5 Å². The number of hydrogen-bond acceptors (Lipinski definition) is 9.